The number of nitrogens with zero attached hydrogens (tertiary/aromatic N) is 1. The molecule has 0 spiro atoms. The summed E-state index contributed by atoms with van der Waals surface area (Å²) in [6.07, 6.45) is -2.93. The number of halogens is 4. The molecule has 0 N–H and O–H groups in total. The molecule has 6 heteroatoms. The first-order valence-corrected chi connectivity index (χ1v) is 4.32. The third-order valence-corrected chi connectivity index (χ3v) is 2.10. The first-order valence-electron chi connectivity index (χ1n) is 3.24. The largest absolute Gasteiger partial charge is 0.480 e. The van der Waals surface area contributed by atoms with Crippen LogP contribution in [0.4, 0.5) is 13.2 Å². The van der Waals surface area contributed by atoms with Gasteiger partial charge in [-0.3, -0.25) is 0 Å². The molecule has 0 saturated carbocycles. The zero-order valence-corrected chi connectivity index (χ0v) is 8.68. The highest BCUT2D eigenvalue weighted by atomic mass is 127. The van der Waals surface area contributed by atoms with Crippen molar-refractivity contribution in [3.05, 3.63) is 21.1 Å². The molecule has 0 unspecified atom stereocenters. The number of rotatable bonds is 2. The molecule has 2 nitrogen and oxygen atoms in total. The minimum atomic E-state index is -2.93. The molecule has 1 rings (SSSR count). The summed E-state index contributed by atoms with van der Waals surface area (Å²) in [5, 5.41) is 0. The molecule has 0 bridgehead atoms. The summed E-state index contributed by atoms with van der Waals surface area (Å²) < 4.78 is 42.1. The molecule has 13 heavy (non-hydrogen) atoms. The molecule has 0 aromatic carbocycles. The molecule has 1 heterocycles. The minimum absolute atomic E-state index is 0.0114. The van der Waals surface area contributed by atoms with Crippen LogP contribution in [0.5, 0.6) is 5.88 Å². The van der Waals surface area contributed by atoms with Gasteiger partial charge in [0.1, 0.15) is 5.69 Å². The summed E-state index contributed by atoms with van der Waals surface area (Å²) in [7, 11) is 1.29. The Labute approximate surface area is 86.3 Å². The van der Waals surface area contributed by atoms with Gasteiger partial charge in [-0.1, -0.05) is 0 Å². The van der Waals surface area contributed by atoms with Crippen LogP contribution < -0.4 is 4.74 Å². The summed E-state index contributed by atoms with van der Waals surface area (Å²) in [6, 6.07) is 0.966. The van der Waals surface area contributed by atoms with Crippen LogP contribution in [0.25, 0.3) is 0 Å². The van der Waals surface area contributed by atoms with Gasteiger partial charge in [0.05, 0.1) is 10.7 Å². The van der Waals surface area contributed by atoms with Gasteiger partial charge in [0.25, 0.3) is 6.43 Å². The standard InChI is InChI=1S/C7H5F3INO/c1-13-7-4(11)2-3(8)5(12-7)6(9)10/h2,6H,1H3. The van der Waals surface area contributed by atoms with E-state index in [0.717, 1.165) is 6.07 Å². The lowest BCUT2D eigenvalue weighted by Gasteiger charge is -2.05. The predicted molar refractivity (Wildman–Crippen MR) is 48.4 cm³/mol. The number of aromatic nitrogens is 1. The molecule has 0 amide bonds. The van der Waals surface area contributed by atoms with Gasteiger partial charge in [-0.15, -0.1) is 0 Å². The van der Waals surface area contributed by atoms with Crippen molar-refractivity contribution < 1.29 is 17.9 Å². The van der Waals surface area contributed by atoms with E-state index in [0.29, 0.717) is 3.57 Å². The van der Waals surface area contributed by atoms with Gasteiger partial charge in [0.15, 0.2) is 5.82 Å². The van der Waals surface area contributed by atoms with Crippen molar-refractivity contribution >= 4 is 22.6 Å². The highest BCUT2D eigenvalue weighted by molar-refractivity contribution is 14.1. The summed E-state index contributed by atoms with van der Waals surface area (Å²) in [6.45, 7) is 0. The van der Waals surface area contributed by atoms with Crippen LogP contribution in [0.1, 0.15) is 12.1 Å². The molecular weight excluding hydrogens is 298 g/mol. The maximum Gasteiger partial charge on any atom is 0.283 e. The normalized spacial score (nSPS) is 10.6. The third kappa shape index (κ3) is 2.23. The van der Waals surface area contributed by atoms with Crippen molar-refractivity contribution in [1.29, 1.82) is 0 Å². The van der Waals surface area contributed by atoms with Crippen molar-refractivity contribution in [1.82, 2.24) is 4.98 Å². The predicted octanol–water partition coefficient (Wildman–Crippen LogP) is 2.77. The molecule has 0 aliphatic rings. The van der Waals surface area contributed by atoms with Crippen LogP contribution in [0.15, 0.2) is 6.07 Å². The Bertz CT molecular complexity index is 319. The molecule has 0 radical (unpaired) electrons. The van der Waals surface area contributed by atoms with E-state index in [1.807, 2.05) is 0 Å². The summed E-state index contributed by atoms with van der Waals surface area (Å²) in [5.74, 6) is -1.00. The molecule has 72 valence electrons. The number of hydrogen-bond acceptors (Lipinski definition) is 2. The van der Waals surface area contributed by atoms with Crippen molar-refractivity contribution in [2.24, 2.45) is 0 Å². The Morgan fingerprint density at radius 2 is 2.15 bits per heavy atom. The fraction of sp³-hybridized carbons (Fsp3) is 0.286. The summed E-state index contributed by atoms with van der Waals surface area (Å²) >= 11 is 1.75. The molecule has 0 atom stereocenters. The summed E-state index contributed by atoms with van der Waals surface area (Å²) in [5.41, 5.74) is -0.878. The smallest absolute Gasteiger partial charge is 0.283 e. The molecule has 0 aliphatic heterocycles. The Balaban J connectivity index is 3.22. The highest BCUT2D eigenvalue weighted by Crippen LogP contribution is 2.26. The van der Waals surface area contributed by atoms with E-state index < -0.39 is 17.9 Å². The van der Waals surface area contributed by atoms with Gasteiger partial charge >= 0.3 is 0 Å². The Kier molecular flexibility index (Phi) is 3.34. The first kappa shape index (κ1) is 10.6. The van der Waals surface area contributed by atoms with Crippen LogP contribution in [-0.2, 0) is 0 Å². The SMILES string of the molecule is COc1nc(C(F)F)c(F)cc1I. The average Bonchev–Trinajstić information content (AvgIpc) is 2.03. The number of methoxy groups -OCH3 is 1. The maximum atomic E-state index is 12.8. The van der Waals surface area contributed by atoms with Crippen molar-refractivity contribution in [3.8, 4) is 5.88 Å². The van der Waals surface area contributed by atoms with Gasteiger partial charge in [0, 0.05) is 0 Å². The number of hydrogen-bond donors (Lipinski definition) is 0. The van der Waals surface area contributed by atoms with E-state index in [1.165, 1.54) is 7.11 Å². The Morgan fingerprint density at radius 3 is 2.62 bits per heavy atom. The second-order valence-electron chi connectivity index (χ2n) is 2.15. The van der Waals surface area contributed by atoms with E-state index in [4.69, 9.17) is 0 Å². The van der Waals surface area contributed by atoms with Crippen LogP contribution >= 0.6 is 22.6 Å². The molecule has 0 saturated heterocycles. The van der Waals surface area contributed by atoms with E-state index in [2.05, 4.69) is 9.72 Å². The quantitative estimate of drug-likeness (QED) is 0.784. The van der Waals surface area contributed by atoms with Crippen molar-refractivity contribution in [3.63, 3.8) is 0 Å². The maximum absolute atomic E-state index is 12.8. The van der Waals surface area contributed by atoms with Crippen molar-refractivity contribution in [2.75, 3.05) is 7.11 Å². The second-order valence-corrected chi connectivity index (χ2v) is 3.31. The monoisotopic (exact) mass is 303 g/mol. The topological polar surface area (TPSA) is 22.1 Å². The van der Waals surface area contributed by atoms with E-state index in [-0.39, 0.29) is 5.88 Å². The fourth-order valence-electron chi connectivity index (χ4n) is 0.759. The van der Waals surface area contributed by atoms with Crippen LogP contribution in [-0.4, -0.2) is 12.1 Å². The minimum Gasteiger partial charge on any atom is -0.480 e. The van der Waals surface area contributed by atoms with Gasteiger partial charge in [-0.05, 0) is 28.7 Å². The Hall–Kier alpha value is -0.530. The molecular formula is C7H5F3INO. The number of alkyl halides is 2. The lowest BCUT2D eigenvalue weighted by Crippen LogP contribution is -2.00. The first-order chi connectivity index (χ1) is 6.06. The molecule has 1 aromatic heterocycles. The fourth-order valence-corrected chi connectivity index (χ4v) is 1.37. The van der Waals surface area contributed by atoms with Gasteiger partial charge in [0.2, 0.25) is 5.88 Å². The van der Waals surface area contributed by atoms with Crippen molar-refractivity contribution in [2.45, 2.75) is 6.43 Å². The Morgan fingerprint density at radius 1 is 1.54 bits per heavy atom. The molecule has 0 fully saturated rings. The number of pyridine rings is 1. The van der Waals surface area contributed by atoms with Crippen LogP contribution in [0.2, 0.25) is 0 Å². The number of ether oxygens (including phenoxy) is 1. The van der Waals surface area contributed by atoms with E-state index in [1.54, 1.807) is 22.6 Å². The zero-order chi connectivity index (χ0) is 10.0. The lowest BCUT2D eigenvalue weighted by molar-refractivity contribution is 0.139. The molecule has 1 aromatic rings. The summed E-state index contributed by atoms with van der Waals surface area (Å²) in [4.78, 5) is 3.34. The van der Waals surface area contributed by atoms with Gasteiger partial charge < -0.3 is 4.74 Å². The second kappa shape index (κ2) is 4.12. The highest BCUT2D eigenvalue weighted by Gasteiger charge is 2.18. The zero-order valence-electron chi connectivity index (χ0n) is 6.52. The van der Waals surface area contributed by atoms with Gasteiger partial charge in [-0.2, -0.15) is 0 Å². The average molecular weight is 303 g/mol. The van der Waals surface area contributed by atoms with Crippen LogP contribution in [0.3, 0.4) is 0 Å². The van der Waals surface area contributed by atoms with Crippen LogP contribution in [0, 0.1) is 9.39 Å². The van der Waals surface area contributed by atoms with Gasteiger partial charge in [-0.25, -0.2) is 18.2 Å². The lowest BCUT2D eigenvalue weighted by atomic mass is 10.3. The van der Waals surface area contributed by atoms with E-state index >= 15 is 0 Å². The van der Waals surface area contributed by atoms with E-state index in [9.17, 15) is 13.2 Å². The molecule has 0 aliphatic carbocycles. The third-order valence-electron chi connectivity index (χ3n) is 1.32.